The molecule has 1 aliphatic rings. The van der Waals surface area contributed by atoms with E-state index in [1.54, 1.807) is 11.3 Å². The van der Waals surface area contributed by atoms with Crippen molar-refractivity contribution >= 4 is 11.3 Å². The maximum Gasteiger partial charge on any atom is 0.165 e. The Morgan fingerprint density at radius 1 is 1.15 bits per heavy atom. The second kappa shape index (κ2) is 5.89. The Labute approximate surface area is 120 Å². The van der Waals surface area contributed by atoms with Crippen LogP contribution in [-0.2, 0) is 13.2 Å². The first kappa shape index (κ1) is 13.5. The van der Waals surface area contributed by atoms with Crippen molar-refractivity contribution in [1.29, 1.82) is 0 Å². The molecule has 106 valence electrons. The van der Waals surface area contributed by atoms with Crippen molar-refractivity contribution in [2.75, 3.05) is 0 Å². The fraction of sp³-hybridized carbons (Fsp3) is 0.333. The van der Waals surface area contributed by atoms with Crippen LogP contribution < -0.4 is 10.1 Å². The number of halogens is 2. The Kier molecular flexibility index (Phi) is 3.98. The van der Waals surface area contributed by atoms with E-state index in [1.165, 1.54) is 17.7 Å². The molecule has 0 spiro atoms. The van der Waals surface area contributed by atoms with Crippen LogP contribution in [0.3, 0.4) is 0 Å². The standard InChI is InChI=1S/C15H15F2NOS/c16-10-1-6-14(17)15(7-10)19-9-13-5-4-12(20-13)8-18-11-2-3-11/h1,4-7,11,18H,2-3,8-9H2. The van der Waals surface area contributed by atoms with Crippen molar-refractivity contribution < 1.29 is 13.5 Å². The Morgan fingerprint density at radius 3 is 2.75 bits per heavy atom. The van der Waals surface area contributed by atoms with Gasteiger partial charge in [-0.15, -0.1) is 11.3 Å². The van der Waals surface area contributed by atoms with Gasteiger partial charge in [-0.1, -0.05) is 0 Å². The lowest BCUT2D eigenvalue weighted by Gasteiger charge is -2.05. The van der Waals surface area contributed by atoms with E-state index in [-0.39, 0.29) is 12.4 Å². The molecular weight excluding hydrogens is 280 g/mol. The van der Waals surface area contributed by atoms with E-state index >= 15 is 0 Å². The van der Waals surface area contributed by atoms with Crippen LogP contribution in [0.5, 0.6) is 5.75 Å². The zero-order valence-corrected chi connectivity index (χ0v) is 11.7. The monoisotopic (exact) mass is 295 g/mol. The van der Waals surface area contributed by atoms with Crippen LogP contribution in [-0.4, -0.2) is 6.04 Å². The quantitative estimate of drug-likeness (QED) is 0.874. The number of benzene rings is 1. The first-order valence-electron chi connectivity index (χ1n) is 6.59. The summed E-state index contributed by atoms with van der Waals surface area (Å²) in [5.41, 5.74) is 0. The lowest BCUT2D eigenvalue weighted by atomic mass is 10.3. The Bertz CT molecular complexity index is 595. The summed E-state index contributed by atoms with van der Waals surface area (Å²) in [5, 5.41) is 3.44. The Balaban J connectivity index is 1.55. The number of ether oxygens (including phenoxy) is 1. The molecule has 1 aliphatic carbocycles. The summed E-state index contributed by atoms with van der Waals surface area (Å²) in [5.74, 6) is -1.09. The van der Waals surface area contributed by atoms with Gasteiger partial charge in [0.05, 0.1) is 0 Å². The van der Waals surface area contributed by atoms with Crippen LogP contribution in [0.4, 0.5) is 8.78 Å². The van der Waals surface area contributed by atoms with Gasteiger partial charge in [0, 0.05) is 28.4 Å². The average molecular weight is 295 g/mol. The molecule has 1 aromatic carbocycles. The fourth-order valence-electron chi connectivity index (χ4n) is 1.86. The van der Waals surface area contributed by atoms with E-state index in [4.69, 9.17) is 4.74 Å². The minimum atomic E-state index is -0.543. The molecule has 0 amide bonds. The number of rotatable bonds is 6. The maximum atomic E-state index is 13.4. The predicted molar refractivity (Wildman–Crippen MR) is 74.9 cm³/mol. The van der Waals surface area contributed by atoms with Gasteiger partial charge in [0.2, 0.25) is 0 Å². The summed E-state index contributed by atoms with van der Waals surface area (Å²) in [6, 6.07) is 7.91. The third-order valence-electron chi connectivity index (χ3n) is 3.12. The fourth-order valence-corrected chi connectivity index (χ4v) is 2.75. The molecule has 1 N–H and O–H groups in total. The molecule has 3 rings (SSSR count). The Hall–Kier alpha value is -1.46. The maximum absolute atomic E-state index is 13.4. The number of thiophene rings is 1. The van der Waals surface area contributed by atoms with E-state index in [9.17, 15) is 8.78 Å². The van der Waals surface area contributed by atoms with Crippen LogP contribution >= 0.6 is 11.3 Å². The minimum absolute atomic E-state index is 0.0453. The highest BCUT2D eigenvalue weighted by Gasteiger charge is 2.20. The van der Waals surface area contributed by atoms with Gasteiger partial charge in [-0.2, -0.15) is 0 Å². The molecule has 2 nitrogen and oxygen atoms in total. The van der Waals surface area contributed by atoms with Crippen molar-refractivity contribution in [2.24, 2.45) is 0 Å². The van der Waals surface area contributed by atoms with Gasteiger partial charge < -0.3 is 10.1 Å². The predicted octanol–water partition coefficient (Wildman–Crippen LogP) is 3.86. The highest BCUT2D eigenvalue weighted by atomic mass is 32.1. The van der Waals surface area contributed by atoms with E-state index in [0.29, 0.717) is 6.04 Å². The van der Waals surface area contributed by atoms with E-state index in [1.807, 2.05) is 12.1 Å². The summed E-state index contributed by atoms with van der Waals surface area (Å²) in [6.45, 7) is 1.12. The topological polar surface area (TPSA) is 21.3 Å². The SMILES string of the molecule is Fc1ccc(F)c(OCc2ccc(CNC3CC3)s2)c1. The van der Waals surface area contributed by atoms with Gasteiger partial charge in [-0.25, -0.2) is 8.78 Å². The number of hydrogen-bond acceptors (Lipinski definition) is 3. The number of hydrogen-bond donors (Lipinski definition) is 1. The first-order valence-corrected chi connectivity index (χ1v) is 7.41. The van der Waals surface area contributed by atoms with Crippen molar-refractivity contribution in [1.82, 2.24) is 5.32 Å². The van der Waals surface area contributed by atoms with E-state index in [2.05, 4.69) is 5.32 Å². The highest BCUT2D eigenvalue weighted by Crippen LogP contribution is 2.24. The first-order chi connectivity index (χ1) is 9.70. The molecule has 0 atom stereocenters. The summed E-state index contributed by atoms with van der Waals surface area (Å²) >= 11 is 1.63. The molecule has 20 heavy (non-hydrogen) atoms. The summed E-state index contributed by atoms with van der Waals surface area (Å²) < 4.78 is 31.7. The molecule has 0 radical (unpaired) electrons. The van der Waals surface area contributed by atoms with Gasteiger partial charge in [0.25, 0.3) is 0 Å². The summed E-state index contributed by atoms with van der Waals surface area (Å²) in [7, 11) is 0. The van der Waals surface area contributed by atoms with Crippen molar-refractivity contribution in [3.63, 3.8) is 0 Å². The molecule has 0 aliphatic heterocycles. The lowest BCUT2D eigenvalue weighted by Crippen LogP contribution is -2.14. The van der Waals surface area contributed by atoms with Crippen LogP contribution in [0.2, 0.25) is 0 Å². The molecule has 5 heteroatoms. The van der Waals surface area contributed by atoms with E-state index < -0.39 is 11.6 Å². The van der Waals surface area contributed by atoms with Crippen LogP contribution in [0.25, 0.3) is 0 Å². The zero-order chi connectivity index (χ0) is 13.9. The number of nitrogens with one attached hydrogen (secondary N) is 1. The third-order valence-corrected chi connectivity index (χ3v) is 4.18. The molecule has 1 fully saturated rings. The van der Waals surface area contributed by atoms with Gasteiger partial charge in [0.1, 0.15) is 12.4 Å². The van der Waals surface area contributed by atoms with Crippen LogP contribution in [0.1, 0.15) is 22.6 Å². The van der Waals surface area contributed by atoms with Crippen molar-refractivity contribution in [3.8, 4) is 5.75 Å². The van der Waals surface area contributed by atoms with Crippen LogP contribution in [0, 0.1) is 11.6 Å². The van der Waals surface area contributed by atoms with Gasteiger partial charge >= 0.3 is 0 Å². The average Bonchev–Trinajstić information content (AvgIpc) is 3.16. The van der Waals surface area contributed by atoms with Crippen molar-refractivity contribution in [2.45, 2.75) is 32.0 Å². The molecule has 0 saturated heterocycles. The second-order valence-corrected chi connectivity index (χ2v) is 6.14. The van der Waals surface area contributed by atoms with E-state index in [0.717, 1.165) is 29.6 Å². The molecule has 2 aromatic rings. The van der Waals surface area contributed by atoms with Gasteiger partial charge in [0.15, 0.2) is 11.6 Å². The molecular formula is C15H15F2NOS. The van der Waals surface area contributed by atoms with Gasteiger partial charge in [-0.3, -0.25) is 0 Å². The Morgan fingerprint density at radius 2 is 1.95 bits per heavy atom. The lowest BCUT2D eigenvalue weighted by molar-refractivity contribution is 0.291. The normalized spacial score (nSPS) is 14.5. The molecule has 0 unspecified atom stereocenters. The van der Waals surface area contributed by atoms with Crippen molar-refractivity contribution in [3.05, 3.63) is 51.7 Å². The smallest absolute Gasteiger partial charge is 0.165 e. The molecule has 0 bridgehead atoms. The minimum Gasteiger partial charge on any atom is -0.485 e. The van der Waals surface area contributed by atoms with Gasteiger partial charge in [-0.05, 0) is 37.1 Å². The third kappa shape index (κ3) is 3.55. The zero-order valence-electron chi connectivity index (χ0n) is 10.9. The molecule has 1 aromatic heterocycles. The molecule has 1 heterocycles. The van der Waals surface area contributed by atoms with Crippen LogP contribution in [0.15, 0.2) is 30.3 Å². The summed E-state index contributed by atoms with van der Waals surface area (Å²) in [6.07, 6.45) is 2.53. The highest BCUT2D eigenvalue weighted by molar-refractivity contribution is 7.11. The largest absolute Gasteiger partial charge is 0.485 e. The molecule has 1 saturated carbocycles. The second-order valence-electron chi connectivity index (χ2n) is 4.89. The summed E-state index contributed by atoms with van der Waals surface area (Å²) in [4.78, 5) is 2.23.